The maximum absolute atomic E-state index is 12.3. The number of primary amides is 1. The summed E-state index contributed by atoms with van der Waals surface area (Å²) >= 11 is 0. The van der Waals surface area contributed by atoms with E-state index < -0.39 is 92.0 Å². The predicted octanol–water partition coefficient (Wildman–Crippen LogP) is -4.71. The molecule has 0 radical (unpaired) electrons. The van der Waals surface area contributed by atoms with Crippen LogP contribution >= 0.6 is 0 Å². The number of rotatable bonds is 12. The molecule has 7 atom stereocenters. The van der Waals surface area contributed by atoms with Crippen molar-refractivity contribution in [1.29, 1.82) is 0 Å². The Morgan fingerprint density at radius 2 is 1.82 bits per heavy atom. The van der Waals surface area contributed by atoms with Crippen LogP contribution in [0.2, 0.25) is 0 Å². The summed E-state index contributed by atoms with van der Waals surface area (Å²) in [6.45, 7) is 1.16. The molecule has 1 heterocycles. The van der Waals surface area contributed by atoms with E-state index in [1.165, 1.54) is 6.92 Å². The van der Waals surface area contributed by atoms with Crippen LogP contribution in [0.5, 0.6) is 0 Å². The molecule has 0 aromatic heterocycles. The number of nitrogens with two attached hydrogens (primary N) is 1. The highest BCUT2D eigenvalue weighted by Gasteiger charge is 2.46. The summed E-state index contributed by atoms with van der Waals surface area (Å²) in [6, 6.07) is -2.50. The molecule has 1 aliphatic rings. The van der Waals surface area contributed by atoms with E-state index in [9.17, 15) is 39.3 Å². The second-order valence-electron chi connectivity index (χ2n) is 7.38. The molecular weight excluding hydrogens is 448 g/mol. The maximum atomic E-state index is 12.3. The van der Waals surface area contributed by atoms with Gasteiger partial charge in [0, 0.05) is 13.3 Å². The third kappa shape index (κ3) is 8.89. The molecule has 1 saturated heterocycles. The number of carbonyl (C=O) groups is 5. The first-order valence-electron chi connectivity index (χ1n) is 10.0. The van der Waals surface area contributed by atoms with Crippen LogP contribution in [0.1, 0.15) is 26.7 Å². The number of ether oxygens (including phenoxy) is 2. The van der Waals surface area contributed by atoms with Gasteiger partial charge in [0.2, 0.25) is 23.6 Å². The van der Waals surface area contributed by atoms with Crippen LogP contribution in [-0.2, 0) is 33.4 Å². The second kappa shape index (κ2) is 13.0. The van der Waals surface area contributed by atoms with E-state index in [0.717, 1.165) is 6.92 Å². The van der Waals surface area contributed by atoms with Crippen molar-refractivity contribution in [2.45, 2.75) is 69.5 Å². The molecule has 1 fully saturated rings. The molecule has 15 heteroatoms. The highest BCUT2D eigenvalue weighted by molar-refractivity contribution is 5.90. The Morgan fingerprint density at radius 1 is 1.18 bits per heavy atom. The van der Waals surface area contributed by atoms with E-state index in [1.807, 2.05) is 0 Å². The van der Waals surface area contributed by atoms with Crippen molar-refractivity contribution in [3.05, 3.63) is 0 Å². The minimum atomic E-state index is -1.64. The van der Waals surface area contributed by atoms with Gasteiger partial charge in [-0.05, 0) is 13.3 Å². The molecular formula is C18H30N4O11. The smallest absolute Gasteiger partial charge is 0.303 e. The Bertz CT molecular complexity index is 734. The summed E-state index contributed by atoms with van der Waals surface area (Å²) in [5.41, 5.74) is 5.12. The van der Waals surface area contributed by atoms with Gasteiger partial charge in [-0.1, -0.05) is 0 Å². The van der Waals surface area contributed by atoms with E-state index >= 15 is 0 Å². The minimum absolute atomic E-state index is 0.232. The van der Waals surface area contributed by atoms with Gasteiger partial charge < -0.3 is 51.6 Å². The Kier molecular flexibility index (Phi) is 11.1. The number of hydrogen-bond acceptors (Lipinski definition) is 10. The van der Waals surface area contributed by atoms with E-state index in [-0.39, 0.29) is 6.42 Å². The zero-order chi connectivity index (χ0) is 25.3. The Labute approximate surface area is 188 Å². The summed E-state index contributed by atoms with van der Waals surface area (Å²) in [5, 5.41) is 45.2. The maximum Gasteiger partial charge on any atom is 0.303 e. The molecule has 15 nitrogen and oxygen atoms in total. The molecule has 0 saturated carbocycles. The summed E-state index contributed by atoms with van der Waals surface area (Å²) in [5.74, 6) is -4.34. The normalized spacial score (nSPS) is 26.5. The highest BCUT2D eigenvalue weighted by Crippen LogP contribution is 2.23. The number of carboxylic acid groups (broad SMARTS) is 1. The van der Waals surface area contributed by atoms with Crippen molar-refractivity contribution in [3.8, 4) is 0 Å². The van der Waals surface area contributed by atoms with Gasteiger partial charge in [0.15, 0.2) is 6.29 Å². The predicted molar refractivity (Wildman–Crippen MR) is 107 cm³/mol. The summed E-state index contributed by atoms with van der Waals surface area (Å²) in [4.78, 5) is 57.7. The molecule has 33 heavy (non-hydrogen) atoms. The van der Waals surface area contributed by atoms with E-state index in [4.69, 9.17) is 20.3 Å². The molecule has 4 amide bonds. The fraction of sp³-hybridized carbons (Fsp3) is 0.722. The zero-order valence-corrected chi connectivity index (χ0v) is 18.1. The van der Waals surface area contributed by atoms with Gasteiger partial charge in [0.05, 0.1) is 13.2 Å². The highest BCUT2D eigenvalue weighted by atomic mass is 16.6. The fourth-order valence-corrected chi connectivity index (χ4v) is 3.04. The van der Waals surface area contributed by atoms with Gasteiger partial charge in [-0.2, -0.15) is 0 Å². The van der Waals surface area contributed by atoms with E-state index in [1.54, 1.807) is 0 Å². The van der Waals surface area contributed by atoms with Crippen molar-refractivity contribution in [2.75, 3.05) is 13.2 Å². The zero-order valence-electron chi connectivity index (χ0n) is 18.1. The number of nitrogens with one attached hydrogen (secondary N) is 3. The van der Waals surface area contributed by atoms with E-state index in [0.29, 0.717) is 0 Å². The lowest BCUT2D eigenvalue weighted by Gasteiger charge is -2.43. The molecule has 0 aromatic carbocycles. The Morgan fingerprint density at radius 3 is 2.33 bits per heavy atom. The van der Waals surface area contributed by atoms with Crippen molar-refractivity contribution in [1.82, 2.24) is 16.0 Å². The summed E-state index contributed by atoms with van der Waals surface area (Å²) < 4.78 is 10.5. The fourth-order valence-electron chi connectivity index (χ4n) is 3.04. The van der Waals surface area contributed by atoms with Crippen molar-refractivity contribution >= 4 is 29.6 Å². The number of aliphatic hydroxyl groups excluding tert-OH is 3. The Balaban J connectivity index is 2.70. The monoisotopic (exact) mass is 478 g/mol. The third-order valence-electron chi connectivity index (χ3n) is 4.72. The van der Waals surface area contributed by atoms with Gasteiger partial charge in [0.25, 0.3) is 0 Å². The van der Waals surface area contributed by atoms with Crippen molar-refractivity contribution in [2.24, 2.45) is 5.73 Å². The molecule has 1 aliphatic heterocycles. The topological polar surface area (TPSA) is 247 Å². The van der Waals surface area contributed by atoms with Crippen LogP contribution in [0.3, 0.4) is 0 Å². The van der Waals surface area contributed by atoms with Crippen molar-refractivity contribution in [3.63, 3.8) is 0 Å². The average Bonchev–Trinajstić information content (AvgIpc) is 2.73. The van der Waals surface area contributed by atoms with Crippen LogP contribution in [-0.4, -0.2) is 106 Å². The first-order chi connectivity index (χ1) is 15.4. The molecule has 0 unspecified atom stereocenters. The van der Waals surface area contributed by atoms with E-state index in [2.05, 4.69) is 16.0 Å². The summed E-state index contributed by atoms with van der Waals surface area (Å²) in [6.07, 6.45) is -7.68. The Hall–Kier alpha value is -2.85. The third-order valence-corrected chi connectivity index (χ3v) is 4.72. The lowest BCUT2D eigenvalue weighted by atomic mass is 9.96. The SMILES string of the molecule is CC(=O)N[C@@H]1[C@@H](O[C@H](C)C(=O)NCC(=O)N[C@H](CCC(=O)O)C(N)=O)[C@H](O)[C@@H](CO)O[C@H]1O. The quantitative estimate of drug-likeness (QED) is 0.132. The molecule has 188 valence electrons. The number of amides is 4. The molecule has 0 spiro atoms. The number of carboxylic acids is 1. The van der Waals surface area contributed by atoms with Gasteiger partial charge in [0.1, 0.15) is 36.5 Å². The molecule has 1 rings (SSSR count). The first kappa shape index (κ1) is 28.2. The van der Waals surface area contributed by atoms with Crippen LogP contribution in [0.25, 0.3) is 0 Å². The van der Waals surface area contributed by atoms with Gasteiger partial charge in [-0.3, -0.25) is 24.0 Å². The van der Waals surface area contributed by atoms with Crippen molar-refractivity contribution < 1.29 is 53.9 Å². The van der Waals surface area contributed by atoms with Crippen LogP contribution in [0.15, 0.2) is 0 Å². The molecule has 0 aliphatic carbocycles. The number of aliphatic carboxylic acids is 1. The van der Waals surface area contributed by atoms with Crippen LogP contribution in [0.4, 0.5) is 0 Å². The minimum Gasteiger partial charge on any atom is -0.481 e. The summed E-state index contributed by atoms with van der Waals surface area (Å²) in [7, 11) is 0. The molecule has 0 aromatic rings. The average molecular weight is 478 g/mol. The number of carbonyl (C=O) groups excluding carboxylic acids is 4. The number of aliphatic hydroxyl groups is 3. The van der Waals surface area contributed by atoms with Crippen LogP contribution < -0.4 is 21.7 Å². The van der Waals surface area contributed by atoms with Gasteiger partial charge in [-0.25, -0.2) is 0 Å². The lowest BCUT2D eigenvalue weighted by Crippen LogP contribution is -2.65. The standard InChI is InChI=1S/C18H30N4O11/c1-7(17(30)20-5-11(25)22-9(16(19)29)3-4-12(26)27)32-15-13(21-8(2)24)18(31)33-10(6-23)14(15)28/h7,9-10,13-15,18,23,28,31H,3-6H2,1-2H3,(H2,19,29)(H,20,30)(H,21,24)(H,22,25)(H,26,27)/t7-,9-,10-,13-,14-,15-,18-/m1/s1. The first-order valence-corrected chi connectivity index (χ1v) is 10.0. The largest absolute Gasteiger partial charge is 0.481 e. The molecule has 0 bridgehead atoms. The second-order valence-corrected chi connectivity index (χ2v) is 7.38. The van der Waals surface area contributed by atoms with Gasteiger partial charge >= 0.3 is 5.97 Å². The number of hydrogen-bond donors (Lipinski definition) is 8. The lowest BCUT2D eigenvalue weighted by molar-refractivity contribution is -0.266. The van der Waals surface area contributed by atoms with Crippen LogP contribution in [0, 0.1) is 0 Å². The molecule has 9 N–H and O–H groups in total. The van der Waals surface area contributed by atoms with Gasteiger partial charge in [-0.15, -0.1) is 0 Å².